The van der Waals surface area contributed by atoms with Crippen molar-refractivity contribution in [2.45, 2.75) is 0 Å². The monoisotopic (exact) mass is 269 g/mol. The van der Waals surface area contributed by atoms with Gasteiger partial charge >= 0.3 is 0 Å². The Hall–Kier alpha value is -1.10. The van der Waals surface area contributed by atoms with Gasteiger partial charge in [-0.2, -0.15) is 0 Å². The van der Waals surface area contributed by atoms with Crippen LogP contribution in [-0.2, 0) is 4.74 Å². The second kappa shape index (κ2) is 6.00. The number of nitrogens with zero attached hydrogens (tertiary/aromatic N) is 1. The van der Waals surface area contributed by atoms with E-state index in [0.29, 0.717) is 18.4 Å². The van der Waals surface area contributed by atoms with E-state index < -0.39 is 0 Å². The highest BCUT2D eigenvalue weighted by Crippen LogP contribution is 2.33. The zero-order chi connectivity index (χ0) is 12.1. The van der Waals surface area contributed by atoms with Gasteiger partial charge in [-0.15, -0.1) is 11.3 Å². The molecule has 1 aromatic carbocycles. The van der Waals surface area contributed by atoms with Crippen molar-refractivity contribution in [3.8, 4) is 16.3 Å². The minimum atomic E-state index is 0.511. The maximum atomic E-state index is 5.83. The van der Waals surface area contributed by atoms with Gasteiger partial charge < -0.3 is 9.47 Å². The first kappa shape index (κ1) is 12.4. The Morgan fingerprint density at radius 1 is 1.29 bits per heavy atom. The van der Waals surface area contributed by atoms with Crippen LogP contribution in [-0.4, -0.2) is 25.3 Å². The summed E-state index contributed by atoms with van der Waals surface area (Å²) in [7, 11) is 1.65. The van der Waals surface area contributed by atoms with E-state index in [1.165, 1.54) is 11.3 Å². The van der Waals surface area contributed by atoms with Gasteiger partial charge in [0.25, 0.3) is 0 Å². The van der Waals surface area contributed by atoms with Crippen molar-refractivity contribution in [1.82, 2.24) is 4.98 Å². The van der Waals surface area contributed by atoms with Crippen LogP contribution in [0.3, 0.4) is 0 Å². The van der Waals surface area contributed by atoms with E-state index in [1.807, 2.05) is 29.6 Å². The Morgan fingerprint density at radius 3 is 2.82 bits per heavy atom. The number of benzene rings is 1. The summed E-state index contributed by atoms with van der Waals surface area (Å²) < 4.78 is 10.6. The van der Waals surface area contributed by atoms with E-state index in [1.54, 1.807) is 7.11 Å². The van der Waals surface area contributed by atoms with Crippen molar-refractivity contribution in [2.75, 3.05) is 20.3 Å². The number of methoxy groups -OCH3 is 1. The highest BCUT2D eigenvalue weighted by Gasteiger charge is 2.09. The van der Waals surface area contributed by atoms with Gasteiger partial charge in [0.05, 0.1) is 12.2 Å². The molecule has 0 bridgehead atoms. The minimum Gasteiger partial charge on any atom is -0.490 e. The third kappa shape index (κ3) is 3.19. The summed E-state index contributed by atoms with van der Waals surface area (Å²) in [6, 6.07) is 7.77. The summed E-state index contributed by atoms with van der Waals surface area (Å²) in [5, 5.41) is 3.18. The Morgan fingerprint density at radius 2 is 2.12 bits per heavy atom. The molecule has 3 nitrogen and oxygen atoms in total. The second-order valence-corrected chi connectivity index (χ2v) is 4.56. The smallest absolute Gasteiger partial charge is 0.140 e. The molecule has 2 aromatic rings. The number of hydrogen-bond donors (Lipinski definition) is 0. The summed E-state index contributed by atoms with van der Waals surface area (Å²) >= 11 is 7.33. The van der Waals surface area contributed by atoms with Crippen LogP contribution in [0.25, 0.3) is 10.6 Å². The molecule has 90 valence electrons. The van der Waals surface area contributed by atoms with Crippen molar-refractivity contribution in [2.24, 2.45) is 0 Å². The lowest BCUT2D eigenvalue weighted by Crippen LogP contribution is -2.04. The van der Waals surface area contributed by atoms with Crippen LogP contribution in [0.2, 0.25) is 5.15 Å². The first-order valence-corrected chi connectivity index (χ1v) is 6.39. The summed E-state index contributed by atoms with van der Waals surface area (Å²) in [4.78, 5) is 4.24. The molecule has 0 radical (unpaired) electrons. The van der Waals surface area contributed by atoms with Gasteiger partial charge in [-0.1, -0.05) is 23.7 Å². The minimum absolute atomic E-state index is 0.511. The fourth-order valence-electron chi connectivity index (χ4n) is 1.38. The Labute approximate surface area is 109 Å². The quantitative estimate of drug-likeness (QED) is 0.779. The molecule has 0 fully saturated rings. The average molecular weight is 270 g/mol. The van der Waals surface area contributed by atoms with Gasteiger partial charge in [0.15, 0.2) is 0 Å². The summed E-state index contributed by atoms with van der Waals surface area (Å²) in [6.07, 6.45) is 0. The third-order valence-electron chi connectivity index (χ3n) is 2.14. The Kier molecular flexibility index (Phi) is 4.36. The lowest BCUT2D eigenvalue weighted by atomic mass is 10.2. The number of para-hydroxylation sites is 1. The highest BCUT2D eigenvalue weighted by atomic mass is 35.5. The number of aromatic nitrogens is 1. The molecule has 0 saturated heterocycles. The van der Waals surface area contributed by atoms with Crippen LogP contribution >= 0.6 is 22.9 Å². The van der Waals surface area contributed by atoms with Crippen LogP contribution in [0, 0.1) is 0 Å². The van der Waals surface area contributed by atoms with Gasteiger partial charge in [0, 0.05) is 12.5 Å². The molecule has 0 aliphatic heterocycles. The molecular weight excluding hydrogens is 258 g/mol. The average Bonchev–Trinajstić information content (AvgIpc) is 2.77. The molecule has 0 unspecified atom stereocenters. The van der Waals surface area contributed by atoms with E-state index in [9.17, 15) is 0 Å². The normalized spacial score (nSPS) is 10.5. The van der Waals surface area contributed by atoms with Gasteiger partial charge in [0.1, 0.15) is 22.5 Å². The van der Waals surface area contributed by atoms with Gasteiger partial charge in [-0.3, -0.25) is 0 Å². The Balaban J connectivity index is 2.21. The molecule has 0 spiro atoms. The molecule has 0 saturated carbocycles. The predicted octanol–water partition coefficient (Wildman–Crippen LogP) is 3.49. The molecule has 0 N–H and O–H groups in total. The van der Waals surface area contributed by atoms with Crippen LogP contribution < -0.4 is 4.74 Å². The van der Waals surface area contributed by atoms with Crippen molar-refractivity contribution >= 4 is 22.9 Å². The van der Waals surface area contributed by atoms with Crippen LogP contribution in [0.15, 0.2) is 29.6 Å². The summed E-state index contributed by atoms with van der Waals surface area (Å²) in [5.41, 5.74) is 0.959. The van der Waals surface area contributed by atoms with E-state index in [-0.39, 0.29) is 0 Å². The molecule has 0 aliphatic carbocycles. The number of thiazole rings is 1. The lowest BCUT2D eigenvalue weighted by molar-refractivity contribution is 0.146. The number of rotatable bonds is 5. The van der Waals surface area contributed by atoms with Gasteiger partial charge in [0.2, 0.25) is 0 Å². The van der Waals surface area contributed by atoms with Gasteiger partial charge in [-0.05, 0) is 12.1 Å². The molecule has 1 heterocycles. The highest BCUT2D eigenvalue weighted by molar-refractivity contribution is 7.13. The maximum Gasteiger partial charge on any atom is 0.140 e. The predicted molar refractivity (Wildman–Crippen MR) is 69.9 cm³/mol. The molecule has 5 heteroatoms. The van der Waals surface area contributed by atoms with Crippen molar-refractivity contribution in [1.29, 1.82) is 0 Å². The third-order valence-corrected chi connectivity index (χ3v) is 3.34. The topological polar surface area (TPSA) is 31.4 Å². The van der Waals surface area contributed by atoms with Crippen LogP contribution in [0.4, 0.5) is 0 Å². The van der Waals surface area contributed by atoms with E-state index in [2.05, 4.69) is 4.98 Å². The van der Waals surface area contributed by atoms with Crippen molar-refractivity contribution in [3.63, 3.8) is 0 Å². The molecule has 17 heavy (non-hydrogen) atoms. The SMILES string of the molecule is COCCOc1ccccc1-c1nc(Cl)cs1. The van der Waals surface area contributed by atoms with Gasteiger partial charge in [-0.25, -0.2) is 4.98 Å². The van der Waals surface area contributed by atoms with Crippen LogP contribution in [0.5, 0.6) is 5.75 Å². The molecule has 2 rings (SSSR count). The number of ether oxygens (including phenoxy) is 2. The largest absolute Gasteiger partial charge is 0.490 e. The first-order valence-electron chi connectivity index (χ1n) is 5.13. The zero-order valence-electron chi connectivity index (χ0n) is 9.35. The fourth-order valence-corrected chi connectivity index (χ4v) is 2.36. The number of halogens is 1. The van der Waals surface area contributed by atoms with Crippen LogP contribution in [0.1, 0.15) is 0 Å². The van der Waals surface area contributed by atoms with E-state index in [0.717, 1.165) is 16.3 Å². The summed E-state index contributed by atoms with van der Waals surface area (Å²) in [5.74, 6) is 0.801. The zero-order valence-corrected chi connectivity index (χ0v) is 10.9. The first-order chi connectivity index (χ1) is 8.31. The molecule has 0 aliphatic rings. The maximum absolute atomic E-state index is 5.83. The number of hydrogen-bond acceptors (Lipinski definition) is 4. The molecule has 0 amide bonds. The van der Waals surface area contributed by atoms with Crippen molar-refractivity contribution < 1.29 is 9.47 Å². The van der Waals surface area contributed by atoms with E-state index >= 15 is 0 Å². The molecular formula is C12H12ClNO2S. The van der Waals surface area contributed by atoms with E-state index in [4.69, 9.17) is 21.1 Å². The van der Waals surface area contributed by atoms with Crippen molar-refractivity contribution in [3.05, 3.63) is 34.8 Å². The molecule has 0 atom stereocenters. The molecule has 1 aromatic heterocycles. The Bertz CT molecular complexity index is 487. The summed E-state index contributed by atoms with van der Waals surface area (Å²) in [6.45, 7) is 1.08. The standard InChI is InChI=1S/C12H12ClNO2S/c1-15-6-7-16-10-5-3-2-4-9(10)12-14-11(13)8-17-12/h2-5,8H,6-7H2,1H3. The fraction of sp³-hybridized carbons (Fsp3) is 0.250. The lowest BCUT2D eigenvalue weighted by Gasteiger charge is -2.09. The second-order valence-electron chi connectivity index (χ2n) is 3.31.